The maximum atomic E-state index is 11.4. The number of rotatable bonds is 6. The maximum absolute atomic E-state index is 11.4. The monoisotopic (exact) mass is 270 g/mol. The van der Waals surface area contributed by atoms with Crippen LogP contribution in [0.15, 0.2) is 12.3 Å². The first-order valence-electron chi connectivity index (χ1n) is 5.36. The van der Waals surface area contributed by atoms with Crippen molar-refractivity contribution in [1.82, 2.24) is 20.4 Å². The minimum absolute atomic E-state index is 0.117. The zero-order valence-corrected chi connectivity index (χ0v) is 10.2. The zero-order valence-electron chi connectivity index (χ0n) is 10.2. The number of hydrogen-bond acceptors (Lipinski definition) is 4. The van der Waals surface area contributed by atoms with Gasteiger partial charge in [-0.25, -0.2) is 9.59 Å². The molecule has 2 amide bonds. The Labute approximate surface area is 108 Å². The van der Waals surface area contributed by atoms with E-state index in [1.807, 2.05) is 0 Å². The summed E-state index contributed by atoms with van der Waals surface area (Å²) in [5.41, 5.74) is 0.600. The summed E-state index contributed by atoms with van der Waals surface area (Å²) in [4.78, 5) is 32.6. The van der Waals surface area contributed by atoms with Gasteiger partial charge in [0, 0.05) is 13.2 Å². The van der Waals surface area contributed by atoms with Gasteiger partial charge in [0.1, 0.15) is 6.04 Å². The lowest BCUT2D eigenvalue weighted by atomic mass is 10.2. The molecule has 0 saturated heterocycles. The van der Waals surface area contributed by atoms with Gasteiger partial charge in [0.15, 0.2) is 0 Å². The lowest BCUT2D eigenvalue weighted by Gasteiger charge is -2.12. The third-order valence-corrected chi connectivity index (χ3v) is 2.18. The normalized spacial score (nSPS) is 11.6. The number of aromatic nitrogens is 2. The van der Waals surface area contributed by atoms with Crippen LogP contribution in [-0.2, 0) is 23.2 Å². The smallest absolute Gasteiger partial charge is 0.326 e. The molecule has 0 saturated carbocycles. The van der Waals surface area contributed by atoms with Gasteiger partial charge in [0.05, 0.1) is 18.7 Å². The van der Waals surface area contributed by atoms with Crippen molar-refractivity contribution in [3.05, 3.63) is 18.0 Å². The Hall–Kier alpha value is -2.58. The van der Waals surface area contributed by atoms with E-state index in [0.717, 1.165) is 0 Å². The summed E-state index contributed by atoms with van der Waals surface area (Å²) in [5.74, 6) is -2.71. The second-order valence-corrected chi connectivity index (χ2v) is 3.80. The first-order valence-corrected chi connectivity index (χ1v) is 5.36. The molecular weight excluding hydrogens is 256 g/mol. The van der Waals surface area contributed by atoms with Crippen molar-refractivity contribution in [3.8, 4) is 0 Å². The Morgan fingerprint density at radius 2 is 2.11 bits per heavy atom. The Balaban J connectivity index is 2.44. The van der Waals surface area contributed by atoms with Gasteiger partial charge in [-0.15, -0.1) is 0 Å². The van der Waals surface area contributed by atoms with E-state index in [-0.39, 0.29) is 6.54 Å². The summed E-state index contributed by atoms with van der Waals surface area (Å²) in [5, 5.41) is 25.7. The van der Waals surface area contributed by atoms with Crippen molar-refractivity contribution in [2.45, 2.75) is 19.0 Å². The number of carbonyl (C=O) groups excluding carboxylic acids is 1. The SMILES string of the molecule is Cn1ccc(CNC(=O)N[C@@H](CC(=O)O)C(=O)O)n1. The van der Waals surface area contributed by atoms with E-state index in [0.29, 0.717) is 5.69 Å². The molecule has 19 heavy (non-hydrogen) atoms. The minimum atomic E-state index is -1.47. The molecule has 4 N–H and O–H groups in total. The molecule has 0 aromatic carbocycles. The number of nitrogens with zero attached hydrogens (tertiary/aromatic N) is 2. The lowest BCUT2D eigenvalue weighted by molar-refractivity contribution is -0.145. The molecular formula is C10H14N4O5. The molecule has 0 unspecified atom stereocenters. The first-order chi connectivity index (χ1) is 8.88. The van der Waals surface area contributed by atoms with Gasteiger partial charge in [-0.2, -0.15) is 5.10 Å². The summed E-state index contributed by atoms with van der Waals surface area (Å²) < 4.78 is 1.55. The summed E-state index contributed by atoms with van der Waals surface area (Å²) in [7, 11) is 1.72. The molecule has 0 aliphatic carbocycles. The Bertz CT molecular complexity index is 484. The number of aryl methyl sites for hydroxylation is 1. The fourth-order valence-electron chi connectivity index (χ4n) is 1.31. The van der Waals surface area contributed by atoms with E-state index < -0.39 is 30.4 Å². The Morgan fingerprint density at radius 3 is 2.58 bits per heavy atom. The number of carbonyl (C=O) groups is 3. The highest BCUT2D eigenvalue weighted by Crippen LogP contribution is 1.95. The van der Waals surface area contributed by atoms with Crippen molar-refractivity contribution in [1.29, 1.82) is 0 Å². The van der Waals surface area contributed by atoms with E-state index in [1.165, 1.54) is 0 Å². The first kappa shape index (κ1) is 14.5. The molecule has 1 rings (SSSR count). The highest BCUT2D eigenvalue weighted by Gasteiger charge is 2.22. The zero-order chi connectivity index (χ0) is 14.4. The van der Waals surface area contributed by atoms with Crippen molar-refractivity contribution in [2.75, 3.05) is 0 Å². The Morgan fingerprint density at radius 1 is 1.42 bits per heavy atom. The molecule has 1 heterocycles. The van der Waals surface area contributed by atoms with E-state index in [4.69, 9.17) is 10.2 Å². The van der Waals surface area contributed by atoms with Crippen LogP contribution in [0.5, 0.6) is 0 Å². The van der Waals surface area contributed by atoms with Gasteiger partial charge < -0.3 is 20.8 Å². The third-order valence-electron chi connectivity index (χ3n) is 2.18. The number of carboxylic acid groups (broad SMARTS) is 2. The fourth-order valence-corrected chi connectivity index (χ4v) is 1.31. The number of nitrogens with one attached hydrogen (secondary N) is 2. The van der Waals surface area contributed by atoms with E-state index in [2.05, 4.69) is 15.7 Å². The predicted molar refractivity (Wildman–Crippen MR) is 62.3 cm³/mol. The molecule has 9 heteroatoms. The van der Waals surface area contributed by atoms with E-state index in [1.54, 1.807) is 24.0 Å². The topological polar surface area (TPSA) is 134 Å². The molecule has 0 aliphatic heterocycles. The molecule has 0 spiro atoms. The third kappa shape index (κ3) is 5.06. The van der Waals surface area contributed by atoms with Crippen LogP contribution in [0, 0.1) is 0 Å². The molecule has 104 valence electrons. The molecule has 9 nitrogen and oxygen atoms in total. The average Bonchev–Trinajstić information content (AvgIpc) is 2.71. The van der Waals surface area contributed by atoms with Gasteiger partial charge >= 0.3 is 18.0 Å². The van der Waals surface area contributed by atoms with E-state index >= 15 is 0 Å². The van der Waals surface area contributed by atoms with Gasteiger partial charge in [-0.3, -0.25) is 9.48 Å². The fraction of sp³-hybridized carbons (Fsp3) is 0.400. The van der Waals surface area contributed by atoms with Crippen molar-refractivity contribution in [3.63, 3.8) is 0 Å². The van der Waals surface area contributed by atoms with Gasteiger partial charge in [0.25, 0.3) is 0 Å². The van der Waals surface area contributed by atoms with Crippen LogP contribution in [0.25, 0.3) is 0 Å². The minimum Gasteiger partial charge on any atom is -0.481 e. The number of hydrogen-bond donors (Lipinski definition) is 4. The molecule has 0 radical (unpaired) electrons. The predicted octanol–water partition coefficient (Wildman–Crippen LogP) is -0.853. The number of carboxylic acids is 2. The lowest BCUT2D eigenvalue weighted by Crippen LogP contribution is -2.46. The van der Waals surface area contributed by atoms with Crippen LogP contribution in [0.1, 0.15) is 12.1 Å². The Kier molecular flexibility index (Phi) is 4.86. The van der Waals surface area contributed by atoms with Crippen molar-refractivity contribution >= 4 is 18.0 Å². The summed E-state index contributed by atoms with van der Waals surface area (Å²) in [6.07, 6.45) is 1.01. The quantitative estimate of drug-likeness (QED) is 0.532. The van der Waals surface area contributed by atoms with Gasteiger partial charge in [-0.05, 0) is 6.07 Å². The van der Waals surface area contributed by atoms with Crippen LogP contribution in [0.3, 0.4) is 0 Å². The second kappa shape index (κ2) is 6.38. The van der Waals surface area contributed by atoms with Gasteiger partial charge in [0.2, 0.25) is 0 Å². The largest absolute Gasteiger partial charge is 0.481 e. The standard InChI is InChI=1S/C10H14N4O5/c1-14-3-2-6(13-14)5-11-10(19)12-7(9(17)18)4-8(15)16/h2-3,7H,4-5H2,1H3,(H,15,16)(H,17,18)(H2,11,12,19)/t7-/m0/s1. The van der Waals surface area contributed by atoms with Crippen LogP contribution < -0.4 is 10.6 Å². The van der Waals surface area contributed by atoms with Crippen LogP contribution >= 0.6 is 0 Å². The molecule has 1 atom stereocenters. The second-order valence-electron chi connectivity index (χ2n) is 3.80. The van der Waals surface area contributed by atoms with Crippen molar-refractivity contribution in [2.24, 2.45) is 7.05 Å². The highest BCUT2D eigenvalue weighted by atomic mass is 16.4. The highest BCUT2D eigenvalue weighted by molar-refractivity contribution is 5.86. The number of urea groups is 1. The maximum Gasteiger partial charge on any atom is 0.326 e. The number of aliphatic carboxylic acids is 2. The summed E-state index contributed by atoms with van der Waals surface area (Å²) in [6.45, 7) is 0.117. The average molecular weight is 270 g/mol. The molecule has 0 fully saturated rings. The molecule has 0 aliphatic rings. The van der Waals surface area contributed by atoms with Crippen LogP contribution in [0.2, 0.25) is 0 Å². The molecule has 1 aromatic rings. The molecule has 0 bridgehead atoms. The van der Waals surface area contributed by atoms with Crippen LogP contribution in [0.4, 0.5) is 4.79 Å². The molecule has 1 aromatic heterocycles. The summed E-state index contributed by atoms with van der Waals surface area (Å²) in [6, 6.07) is -0.549. The van der Waals surface area contributed by atoms with Gasteiger partial charge in [-0.1, -0.05) is 0 Å². The van der Waals surface area contributed by atoms with Crippen LogP contribution in [-0.4, -0.2) is 44.0 Å². The summed E-state index contributed by atoms with van der Waals surface area (Å²) >= 11 is 0. The van der Waals surface area contributed by atoms with E-state index in [9.17, 15) is 14.4 Å². The van der Waals surface area contributed by atoms with Crippen molar-refractivity contribution < 1.29 is 24.6 Å². The number of amides is 2.